The number of alkyl carbamates (subject to hydrolysis) is 2. The van der Waals surface area contributed by atoms with Crippen molar-refractivity contribution >= 4 is 18.2 Å². The van der Waals surface area contributed by atoms with Crippen LogP contribution in [-0.4, -0.2) is 62.1 Å². The molecule has 0 aliphatic carbocycles. The van der Waals surface area contributed by atoms with Gasteiger partial charge in [0.15, 0.2) is 0 Å². The third-order valence-corrected chi connectivity index (χ3v) is 3.26. The Kier molecular flexibility index (Phi) is 11.5. The molecule has 0 aliphatic heterocycles. The average molecular weight is 404 g/mol. The van der Waals surface area contributed by atoms with E-state index in [1.807, 2.05) is 0 Å². The van der Waals surface area contributed by atoms with Crippen molar-refractivity contribution in [1.29, 1.82) is 0 Å². The lowest BCUT2D eigenvalue weighted by Gasteiger charge is -2.20. The van der Waals surface area contributed by atoms with E-state index in [4.69, 9.17) is 14.2 Å². The first kappa shape index (κ1) is 26.0. The first-order chi connectivity index (χ1) is 12.8. The summed E-state index contributed by atoms with van der Waals surface area (Å²) in [5, 5.41) is 8.36. The second kappa shape index (κ2) is 12.4. The van der Waals surface area contributed by atoms with Crippen LogP contribution < -0.4 is 16.0 Å². The molecular formula is C19H37N3O6. The molecule has 0 aliphatic rings. The normalized spacial score (nSPS) is 12.7. The van der Waals surface area contributed by atoms with Crippen molar-refractivity contribution in [1.82, 2.24) is 16.0 Å². The van der Waals surface area contributed by atoms with E-state index in [0.29, 0.717) is 38.9 Å². The number of hydrogen-bond donors (Lipinski definition) is 3. The van der Waals surface area contributed by atoms with Crippen LogP contribution in [0.4, 0.5) is 9.59 Å². The molecular weight excluding hydrogens is 366 g/mol. The summed E-state index contributed by atoms with van der Waals surface area (Å²) in [5.41, 5.74) is -1.09. The van der Waals surface area contributed by atoms with Crippen molar-refractivity contribution in [3.63, 3.8) is 0 Å². The zero-order valence-corrected chi connectivity index (χ0v) is 18.3. The van der Waals surface area contributed by atoms with Crippen molar-refractivity contribution in [2.75, 3.05) is 26.7 Å². The number of nitrogens with one attached hydrogen (secondary N) is 3. The third-order valence-electron chi connectivity index (χ3n) is 3.26. The Morgan fingerprint density at radius 2 is 1.29 bits per heavy atom. The number of hydrogen-bond acceptors (Lipinski definition) is 7. The molecule has 2 amide bonds. The molecule has 28 heavy (non-hydrogen) atoms. The lowest BCUT2D eigenvalue weighted by Crippen LogP contribution is -2.43. The Balaban J connectivity index is 4.08. The summed E-state index contributed by atoms with van der Waals surface area (Å²) in [5.74, 6) is -0.364. The van der Waals surface area contributed by atoms with Gasteiger partial charge in [-0.3, -0.25) is 4.79 Å². The van der Waals surface area contributed by atoms with Gasteiger partial charge in [0.25, 0.3) is 0 Å². The van der Waals surface area contributed by atoms with E-state index in [1.54, 1.807) is 41.5 Å². The van der Waals surface area contributed by atoms with Gasteiger partial charge >= 0.3 is 18.2 Å². The number of ether oxygens (including phenoxy) is 3. The summed E-state index contributed by atoms with van der Waals surface area (Å²) in [7, 11) is 1.33. The Hall–Kier alpha value is -2.03. The number of methoxy groups -OCH3 is 1. The molecule has 0 radical (unpaired) electrons. The molecule has 0 heterocycles. The summed E-state index contributed by atoms with van der Waals surface area (Å²) >= 11 is 0. The van der Waals surface area contributed by atoms with E-state index in [2.05, 4.69) is 16.0 Å². The molecule has 0 rings (SSSR count). The van der Waals surface area contributed by atoms with Crippen molar-refractivity contribution < 1.29 is 28.6 Å². The number of unbranched alkanes of at least 4 members (excludes halogenated alkanes) is 1. The van der Waals surface area contributed by atoms with Crippen LogP contribution in [0.1, 0.15) is 60.8 Å². The van der Waals surface area contributed by atoms with Gasteiger partial charge < -0.3 is 30.2 Å². The lowest BCUT2D eigenvalue weighted by molar-refractivity contribution is -0.143. The third kappa shape index (κ3) is 15.1. The fourth-order valence-electron chi connectivity index (χ4n) is 2.15. The van der Waals surface area contributed by atoms with Crippen LogP contribution in [0.25, 0.3) is 0 Å². The smallest absolute Gasteiger partial charge is 0.407 e. The summed E-state index contributed by atoms with van der Waals surface area (Å²) in [6.07, 6.45) is 1.00. The molecule has 164 valence electrons. The molecule has 3 N–H and O–H groups in total. The highest BCUT2D eigenvalue weighted by molar-refractivity contribution is 5.75. The standard InChI is InChI=1S/C19H37N3O6/c1-18(2,3)27-16(24)21-11-9-8-10-14(15(23)26-7)20-12-13-22-17(25)28-19(4,5)6/h14,20H,8-13H2,1-7H3,(H,21,24)(H,22,25)/t14-/m0/s1. The predicted octanol–water partition coefficient (Wildman–Crippen LogP) is 2.34. The molecule has 0 aromatic rings. The van der Waals surface area contributed by atoms with Gasteiger partial charge in [0, 0.05) is 19.6 Å². The van der Waals surface area contributed by atoms with Gasteiger partial charge in [-0.1, -0.05) is 0 Å². The minimum Gasteiger partial charge on any atom is -0.468 e. The highest BCUT2D eigenvalue weighted by Gasteiger charge is 2.19. The van der Waals surface area contributed by atoms with Crippen LogP contribution in [0.3, 0.4) is 0 Å². The Labute approximate surface area is 168 Å². The van der Waals surface area contributed by atoms with Crippen molar-refractivity contribution in [2.45, 2.75) is 78.0 Å². The second-order valence-electron chi connectivity index (χ2n) is 8.38. The number of carbonyl (C=O) groups excluding carboxylic acids is 3. The largest absolute Gasteiger partial charge is 0.468 e. The summed E-state index contributed by atoms with van der Waals surface area (Å²) in [6, 6.07) is -0.480. The van der Waals surface area contributed by atoms with Gasteiger partial charge in [0.1, 0.15) is 17.2 Å². The van der Waals surface area contributed by atoms with Gasteiger partial charge in [-0.25, -0.2) is 9.59 Å². The molecule has 9 nitrogen and oxygen atoms in total. The second-order valence-corrected chi connectivity index (χ2v) is 8.38. The Bertz CT molecular complexity index is 497. The minimum absolute atomic E-state index is 0.322. The molecule has 1 atom stereocenters. The lowest BCUT2D eigenvalue weighted by atomic mass is 10.1. The van der Waals surface area contributed by atoms with Gasteiger partial charge in [-0.15, -0.1) is 0 Å². The Morgan fingerprint density at radius 1 is 0.786 bits per heavy atom. The molecule has 0 saturated heterocycles. The Morgan fingerprint density at radius 3 is 1.75 bits per heavy atom. The van der Waals surface area contributed by atoms with Gasteiger partial charge in [0.05, 0.1) is 7.11 Å². The zero-order valence-electron chi connectivity index (χ0n) is 18.3. The van der Waals surface area contributed by atoms with Gasteiger partial charge in [0.2, 0.25) is 0 Å². The van der Waals surface area contributed by atoms with E-state index >= 15 is 0 Å². The molecule has 9 heteroatoms. The molecule has 0 bridgehead atoms. The maximum absolute atomic E-state index is 11.9. The van der Waals surface area contributed by atoms with Crippen LogP contribution in [0.15, 0.2) is 0 Å². The zero-order chi connectivity index (χ0) is 21.8. The summed E-state index contributed by atoms with van der Waals surface area (Å²) in [6.45, 7) is 12.0. The van der Waals surface area contributed by atoms with E-state index in [-0.39, 0.29) is 5.97 Å². The fourth-order valence-corrected chi connectivity index (χ4v) is 2.15. The quantitative estimate of drug-likeness (QED) is 0.291. The highest BCUT2D eigenvalue weighted by atomic mass is 16.6. The SMILES string of the molecule is COC(=O)[C@H](CCCCNC(=O)OC(C)(C)C)NCCNC(=O)OC(C)(C)C. The van der Waals surface area contributed by atoms with Gasteiger partial charge in [-0.2, -0.15) is 0 Å². The molecule has 0 spiro atoms. The minimum atomic E-state index is -0.556. The highest BCUT2D eigenvalue weighted by Crippen LogP contribution is 2.07. The van der Waals surface area contributed by atoms with E-state index in [9.17, 15) is 14.4 Å². The van der Waals surface area contributed by atoms with E-state index in [1.165, 1.54) is 7.11 Å². The maximum Gasteiger partial charge on any atom is 0.407 e. The first-order valence-corrected chi connectivity index (χ1v) is 9.59. The van der Waals surface area contributed by atoms with Crippen molar-refractivity contribution in [3.05, 3.63) is 0 Å². The molecule has 0 aromatic carbocycles. The van der Waals surface area contributed by atoms with Crippen molar-refractivity contribution in [3.8, 4) is 0 Å². The average Bonchev–Trinajstić information content (AvgIpc) is 2.52. The fraction of sp³-hybridized carbons (Fsp3) is 0.842. The summed E-state index contributed by atoms with van der Waals surface area (Å²) < 4.78 is 15.1. The first-order valence-electron chi connectivity index (χ1n) is 9.59. The molecule has 0 fully saturated rings. The van der Waals surface area contributed by atoms with E-state index in [0.717, 1.165) is 0 Å². The van der Waals surface area contributed by atoms with Crippen molar-refractivity contribution in [2.24, 2.45) is 0 Å². The number of amides is 2. The van der Waals surface area contributed by atoms with Crippen LogP contribution in [0.2, 0.25) is 0 Å². The number of carbonyl (C=O) groups is 3. The van der Waals surface area contributed by atoms with Crippen LogP contribution in [0.5, 0.6) is 0 Å². The maximum atomic E-state index is 11.9. The van der Waals surface area contributed by atoms with E-state index < -0.39 is 29.4 Å². The van der Waals surface area contributed by atoms with Crippen LogP contribution in [0, 0.1) is 0 Å². The van der Waals surface area contributed by atoms with Crippen LogP contribution >= 0.6 is 0 Å². The topological polar surface area (TPSA) is 115 Å². The molecule has 0 unspecified atom stereocenters. The number of rotatable bonds is 10. The monoisotopic (exact) mass is 403 g/mol. The van der Waals surface area contributed by atoms with Crippen LogP contribution in [-0.2, 0) is 19.0 Å². The molecule has 0 aromatic heterocycles. The molecule has 0 saturated carbocycles. The summed E-state index contributed by atoms with van der Waals surface area (Å²) in [4.78, 5) is 35.0. The van der Waals surface area contributed by atoms with Gasteiger partial charge in [-0.05, 0) is 60.8 Å². The predicted molar refractivity (Wildman–Crippen MR) is 106 cm³/mol. The number of esters is 1.